The Bertz CT molecular complexity index is 1030. The maximum Gasteiger partial charge on any atom is 0.148 e. The van der Waals surface area contributed by atoms with Gasteiger partial charge in [-0.3, -0.25) is 4.98 Å². The number of aromatic nitrogens is 1. The van der Waals surface area contributed by atoms with Gasteiger partial charge in [-0.2, -0.15) is 5.26 Å². The molecule has 0 bridgehead atoms. The Balaban J connectivity index is 2.02. The van der Waals surface area contributed by atoms with Gasteiger partial charge >= 0.3 is 0 Å². The first-order valence-electron chi connectivity index (χ1n) is 10.1. The van der Waals surface area contributed by atoms with E-state index in [2.05, 4.69) is 6.07 Å². The van der Waals surface area contributed by atoms with Crippen LogP contribution in [0.2, 0.25) is 0 Å². The molecule has 5 heteroatoms. The lowest BCUT2D eigenvalue weighted by atomic mass is 9.77. The molecule has 2 aliphatic carbocycles. The smallest absolute Gasteiger partial charge is 0.148 e. The lowest BCUT2D eigenvalue weighted by Crippen LogP contribution is -2.34. The van der Waals surface area contributed by atoms with E-state index >= 15 is 0 Å². The Morgan fingerprint density at radius 3 is 2.39 bits per heavy atom. The van der Waals surface area contributed by atoms with Crippen LogP contribution in [0, 0.1) is 11.3 Å². The van der Waals surface area contributed by atoms with Crippen LogP contribution in [0.25, 0.3) is 11.1 Å². The second-order valence-corrected chi connectivity index (χ2v) is 10.5. The van der Waals surface area contributed by atoms with Crippen LogP contribution in [-0.2, 0) is 28.1 Å². The van der Waals surface area contributed by atoms with Crippen LogP contribution in [0.1, 0.15) is 61.0 Å². The summed E-state index contributed by atoms with van der Waals surface area (Å²) in [6.45, 7) is 0. The predicted octanol–water partition coefficient (Wildman–Crippen LogP) is 4.36. The summed E-state index contributed by atoms with van der Waals surface area (Å²) in [5.41, 5.74) is 5.07. The summed E-state index contributed by atoms with van der Waals surface area (Å²) in [7, 11) is -3.19. The zero-order valence-corrected chi connectivity index (χ0v) is 17.2. The van der Waals surface area contributed by atoms with Crippen LogP contribution in [0.4, 0.5) is 0 Å². The summed E-state index contributed by atoms with van der Waals surface area (Å²) < 4.78 is 24.6. The van der Waals surface area contributed by atoms with Crippen molar-refractivity contribution in [1.82, 2.24) is 4.98 Å². The van der Waals surface area contributed by atoms with Crippen LogP contribution >= 0.6 is 0 Å². The van der Waals surface area contributed by atoms with Gasteiger partial charge in [-0.25, -0.2) is 8.42 Å². The summed E-state index contributed by atoms with van der Waals surface area (Å²) in [6, 6.07) is 12.5. The molecule has 0 spiro atoms. The van der Waals surface area contributed by atoms with Crippen LogP contribution in [-0.4, -0.2) is 25.4 Å². The van der Waals surface area contributed by atoms with Crippen molar-refractivity contribution < 1.29 is 8.42 Å². The minimum Gasteiger partial charge on any atom is -0.256 e. The van der Waals surface area contributed by atoms with E-state index in [1.165, 1.54) is 11.8 Å². The third-order valence-corrected chi connectivity index (χ3v) is 7.33. The number of aryl methyl sites for hydroxylation is 1. The van der Waals surface area contributed by atoms with Crippen molar-refractivity contribution in [2.45, 2.75) is 56.8 Å². The lowest BCUT2D eigenvalue weighted by Gasteiger charge is -2.32. The van der Waals surface area contributed by atoms with Gasteiger partial charge in [-0.15, -0.1) is 0 Å². The largest absolute Gasteiger partial charge is 0.256 e. The zero-order valence-electron chi connectivity index (χ0n) is 16.4. The molecule has 1 fully saturated rings. The van der Waals surface area contributed by atoms with Gasteiger partial charge in [0.1, 0.15) is 15.9 Å². The minimum atomic E-state index is -3.19. The highest BCUT2D eigenvalue weighted by Crippen LogP contribution is 2.46. The quantitative estimate of drug-likeness (QED) is 0.773. The van der Waals surface area contributed by atoms with E-state index in [9.17, 15) is 13.7 Å². The Hall–Kier alpha value is -2.19. The highest BCUT2D eigenvalue weighted by Gasteiger charge is 2.43. The number of pyridine rings is 1. The topological polar surface area (TPSA) is 70.8 Å². The molecule has 0 N–H and O–H groups in total. The molecule has 4 nitrogen and oxygen atoms in total. The molecule has 146 valence electrons. The average molecular weight is 395 g/mol. The normalized spacial score (nSPS) is 18.4. The molecule has 4 rings (SSSR count). The molecule has 1 aromatic carbocycles. The van der Waals surface area contributed by atoms with E-state index in [0.29, 0.717) is 5.56 Å². The minimum absolute atomic E-state index is 0.0781. The van der Waals surface area contributed by atoms with E-state index in [1.54, 1.807) is 0 Å². The molecule has 0 atom stereocenters. The Morgan fingerprint density at radius 2 is 1.75 bits per heavy atom. The third kappa shape index (κ3) is 3.46. The number of fused-ring (bicyclic) bond motifs is 1. The van der Waals surface area contributed by atoms with Gasteiger partial charge in [-0.1, -0.05) is 43.2 Å². The average Bonchev–Trinajstić information content (AvgIpc) is 3.14. The SMILES string of the molecule is CS(=O)(=O)CC1(c2nc3c(c(-c4ccccc4)c2C#N)CCCC3)CCCC1. The summed E-state index contributed by atoms with van der Waals surface area (Å²) in [6.07, 6.45) is 8.88. The van der Waals surface area contributed by atoms with E-state index in [-0.39, 0.29) is 5.75 Å². The molecule has 0 saturated heterocycles. The molecule has 28 heavy (non-hydrogen) atoms. The van der Waals surface area contributed by atoms with Crippen LogP contribution in [0.3, 0.4) is 0 Å². The molecular weight excluding hydrogens is 368 g/mol. The first kappa shape index (κ1) is 19.1. The molecule has 0 unspecified atom stereocenters. The molecule has 0 aliphatic heterocycles. The van der Waals surface area contributed by atoms with Crippen molar-refractivity contribution >= 4 is 9.84 Å². The van der Waals surface area contributed by atoms with Crippen LogP contribution in [0.15, 0.2) is 30.3 Å². The second kappa shape index (κ2) is 7.33. The molecule has 0 radical (unpaired) electrons. The molecule has 2 aromatic rings. The zero-order chi connectivity index (χ0) is 19.8. The Labute approximate surface area is 167 Å². The van der Waals surface area contributed by atoms with Gasteiger partial charge in [-0.05, 0) is 49.7 Å². The molecule has 1 saturated carbocycles. The van der Waals surface area contributed by atoms with Crippen molar-refractivity contribution in [3.63, 3.8) is 0 Å². The van der Waals surface area contributed by atoms with Crippen LogP contribution in [0.5, 0.6) is 0 Å². The number of hydrogen-bond donors (Lipinski definition) is 0. The fourth-order valence-corrected chi connectivity index (χ4v) is 6.59. The summed E-state index contributed by atoms with van der Waals surface area (Å²) in [4.78, 5) is 5.02. The highest BCUT2D eigenvalue weighted by atomic mass is 32.2. The first-order chi connectivity index (χ1) is 13.4. The van der Waals surface area contributed by atoms with Crippen molar-refractivity contribution in [3.05, 3.63) is 52.8 Å². The third-order valence-electron chi connectivity index (χ3n) is 6.25. The maximum absolute atomic E-state index is 12.3. The standard InChI is InChI=1S/C23H26N2O2S/c1-28(26,27)16-23(13-7-8-14-23)22-19(15-24)21(17-9-3-2-4-10-17)18-11-5-6-12-20(18)25-22/h2-4,9-10H,5-8,11-14,16H2,1H3. The molecule has 2 aliphatic rings. The number of benzene rings is 1. The Kier molecular flexibility index (Phi) is 5.01. The molecular formula is C23H26N2O2S. The summed E-state index contributed by atoms with van der Waals surface area (Å²) >= 11 is 0. The molecule has 0 amide bonds. The van der Waals surface area contributed by atoms with Crippen molar-refractivity contribution in [2.24, 2.45) is 0 Å². The van der Waals surface area contributed by atoms with E-state index in [4.69, 9.17) is 4.98 Å². The van der Waals surface area contributed by atoms with Gasteiger partial charge in [0.25, 0.3) is 0 Å². The van der Waals surface area contributed by atoms with Gasteiger partial charge < -0.3 is 0 Å². The van der Waals surface area contributed by atoms with Gasteiger partial charge in [0.05, 0.1) is 17.0 Å². The second-order valence-electron chi connectivity index (χ2n) is 8.38. The lowest BCUT2D eigenvalue weighted by molar-refractivity contribution is 0.465. The van der Waals surface area contributed by atoms with Crippen LogP contribution < -0.4 is 0 Å². The number of nitrogens with zero attached hydrogens (tertiary/aromatic N) is 2. The summed E-state index contributed by atoms with van der Waals surface area (Å²) in [5, 5.41) is 10.2. The van der Waals surface area contributed by atoms with E-state index in [1.807, 2.05) is 30.3 Å². The monoisotopic (exact) mass is 394 g/mol. The number of sulfone groups is 1. The van der Waals surface area contributed by atoms with E-state index < -0.39 is 15.3 Å². The number of nitriles is 1. The van der Waals surface area contributed by atoms with Crippen molar-refractivity contribution in [2.75, 3.05) is 12.0 Å². The summed E-state index contributed by atoms with van der Waals surface area (Å²) in [5.74, 6) is 0.0781. The molecule has 1 aromatic heterocycles. The number of hydrogen-bond acceptors (Lipinski definition) is 4. The van der Waals surface area contributed by atoms with Crippen molar-refractivity contribution in [1.29, 1.82) is 5.26 Å². The fraction of sp³-hybridized carbons (Fsp3) is 0.478. The highest BCUT2D eigenvalue weighted by molar-refractivity contribution is 7.90. The fourth-order valence-electron chi connectivity index (χ4n) is 5.16. The van der Waals surface area contributed by atoms with Crippen molar-refractivity contribution in [3.8, 4) is 17.2 Å². The number of rotatable bonds is 4. The van der Waals surface area contributed by atoms with Gasteiger partial charge in [0.2, 0.25) is 0 Å². The molecule has 1 heterocycles. The first-order valence-corrected chi connectivity index (χ1v) is 12.2. The van der Waals surface area contributed by atoms with E-state index in [0.717, 1.165) is 73.9 Å². The van der Waals surface area contributed by atoms with Gasteiger partial charge in [0, 0.05) is 22.9 Å². The maximum atomic E-state index is 12.3. The van der Waals surface area contributed by atoms with Gasteiger partial charge in [0.15, 0.2) is 0 Å². The Morgan fingerprint density at radius 1 is 1.07 bits per heavy atom. The predicted molar refractivity (Wildman–Crippen MR) is 111 cm³/mol.